The third-order valence-electron chi connectivity index (χ3n) is 6.15. The first-order valence-electron chi connectivity index (χ1n) is 11.7. The van der Waals surface area contributed by atoms with Gasteiger partial charge in [-0.25, -0.2) is 14.0 Å². The number of hydrogen-bond donors (Lipinski definition) is 1. The molecule has 0 radical (unpaired) electrons. The summed E-state index contributed by atoms with van der Waals surface area (Å²) in [5.74, 6) is 0.870. The second-order valence-corrected chi connectivity index (χ2v) is 9.61. The van der Waals surface area contributed by atoms with Gasteiger partial charge in [-0.15, -0.1) is 0 Å². The molecule has 0 fully saturated rings. The smallest absolute Gasteiger partial charge is 0.341 e. The van der Waals surface area contributed by atoms with Gasteiger partial charge in [-0.3, -0.25) is 4.98 Å². The molecule has 0 saturated carbocycles. The maximum absolute atomic E-state index is 13.4. The van der Waals surface area contributed by atoms with E-state index in [1.54, 1.807) is 43.5 Å². The molecule has 39 heavy (non-hydrogen) atoms. The van der Waals surface area contributed by atoms with Gasteiger partial charge in [0.05, 0.1) is 50.6 Å². The van der Waals surface area contributed by atoms with Crippen LogP contribution in [-0.2, 0) is 15.5 Å². The van der Waals surface area contributed by atoms with Gasteiger partial charge in [0.15, 0.2) is 28.9 Å². The fourth-order valence-corrected chi connectivity index (χ4v) is 5.00. The third kappa shape index (κ3) is 4.96. The van der Waals surface area contributed by atoms with Gasteiger partial charge >= 0.3 is 5.97 Å². The molecule has 11 heteroatoms. The number of para-hydroxylation sites is 2. The summed E-state index contributed by atoms with van der Waals surface area (Å²) in [6.45, 7) is 0. The molecule has 10 nitrogen and oxygen atoms in total. The second kappa shape index (κ2) is 11.0. The molecule has 1 N–H and O–H groups in total. The predicted molar refractivity (Wildman–Crippen MR) is 146 cm³/mol. The summed E-state index contributed by atoms with van der Waals surface area (Å²) < 4.78 is 40.2. The zero-order valence-corrected chi connectivity index (χ0v) is 22.5. The summed E-state index contributed by atoms with van der Waals surface area (Å²) in [6.07, 6.45) is 1.42. The van der Waals surface area contributed by atoms with Crippen LogP contribution in [0.3, 0.4) is 0 Å². The molecule has 0 bridgehead atoms. The summed E-state index contributed by atoms with van der Waals surface area (Å²) in [6, 6.07) is 16.1. The highest BCUT2D eigenvalue weighted by Crippen LogP contribution is 2.40. The summed E-state index contributed by atoms with van der Waals surface area (Å²) in [4.78, 5) is 25.2. The van der Waals surface area contributed by atoms with Crippen LogP contribution in [0, 0.1) is 0 Å². The lowest BCUT2D eigenvalue weighted by Crippen LogP contribution is -2.13. The van der Waals surface area contributed by atoms with Gasteiger partial charge in [-0.1, -0.05) is 18.2 Å². The van der Waals surface area contributed by atoms with E-state index in [4.69, 9.17) is 23.7 Å². The number of nitrogens with one attached hydrogen (secondary N) is 1. The van der Waals surface area contributed by atoms with Crippen LogP contribution in [0.1, 0.15) is 10.4 Å². The van der Waals surface area contributed by atoms with E-state index in [2.05, 4.69) is 15.0 Å². The lowest BCUT2D eigenvalue weighted by atomic mass is 9.95. The van der Waals surface area contributed by atoms with E-state index < -0.39 is 22.7 Å². The van der Waals surface area contributed by atoms with Crippen LogP contribution in [0.15, 0.2) is 66.0 Å². The first-order chi connectivity index (χ1) is 19.0. The number of hydrogen-bond acceptors (Lipinski definition) is 9. The van der Waals surface area contributed by atoms with E-state index in [1.165, 1.54) is 27.5 Å². The quantitative estimate of drug-likeness (QED) is 0.261. The van der Waals surface area contributed by atoms with Gasteiger partial charge < -0.3 is 28.7 Å². The zero-order valence-electron chi connectivity index (χ0n) is 21.6. The van der Waals surface area contributed by atoms with Crippen molar-refractivity contribution in [1.82, 2.24) is 15.0 Å². The molecule has 3 aromatic carbocycles. The number of fused-ring (bicyclic) bond motifs is 2. The molecule has 2 aromatic heterocycles. The van der Waals surface area contributed by atoms with E-state index in [0.29, 0.717) is 50.5 Å². The van der Waals surface area contributed by atoms with Crippen LogP contribution in [-0.4, -0.2) is 59.5 Å². The topological polar surface area (TPSA) is 122 Å². The van der Waals surface area contributed by atoms with E-state index in [-0.39, 0.29) is 10.7 Å². The molecule has 1 unspecified atom stereocenters. The molecule has 0 saturated heterocycles. The number of benzene rings is 3. The highest BCUT2D eigenvalue weighted by Gasteiger charge is 2.23. The maximum Gasteiger partial charge on any atom is 0.341 e. The SMILES string of the molecule is COc1ccc(-c2c(C(=O)OCS(=O)c3nc4ccccc4[nH]3)cnc3cc(OC)c(OC)cc23)cc1OC. The van der Waals surface area contributed by atoms with Gasteiger partial charge in [-0.05, 0) is 35.9 Å². The van der Waals surface area contributed by atoms with Gasteiger partial charge in [-0.2, -0.15) is 0 Å². The largest absolute Gasteiger partial charge is 0.493 e. The number of pyridine rings is 1. The summed E-state index contributed by atoms with van der Waals surface area (Å²) in [7, 11) is 4.42. The Bertz CT molecular complexity index is 1680. The standard InChI is InChI=1S/C28H25N3O7S/c1-34-22-10-9-16(11-23(22)35-2)26-17-12-24(36-3)25(37-4)13-21(17)29-14-18(26)27(32)38-15-39(33)28-30-19-7-5-6-8-20(19)31-28/h5-14H,15H2,1-4H3,(H,30,31). The molecule has 0 aliphatic rings. The number of rotatable bonds is 9. The maximum atomic E-state index is 13.4. The minimum absolute atomic E-state index is 0.170. The van der Waals surface area contributed by atoms with Crippen molar-refractivity contribution in [1.29, 1.82) is 0 Å². The number of ether oxygens (including phenoxy) is 5. The first-order valence-corrected chi connectivity index (χ1v) is 13.1. The van der Waals surface area contributed by atoms with Crippen molar-refractivity contribution in [3.63, 3.8) is 0 Å². The molecule has 0 spiro atoms. The van der Waals surface area contributed by atoms with Crippen molar-refractivity contribution in [2.45, 2.75) is 5.16 Å². The van der Waals surface area contributed by atoms with Crippen molar-refractivity contribution in [3.05, 3.63) is 66.4 Å². The van der Waals surface area contributed by atoms with Crippen molar-refractivity contribution >= 4 is 38.7 Å². The van der Waals surface area contributed by atoms with E-state index in [1.807, 2.05) is 18.2 Å². The number of esters is 1. The second-order valence-electron chi connectivity index (χ2n) is 8.30. The minimum atomic E-state index is -1.71. The first kappa shape index (κ1) is 26.0. The number of H-pyrrole nitrogens is 1. The lowest BCUT2D eigenvalue weighted by molar-refractivity contribution is 0.0576. The molecular formula is C28H25N3O7S. The number of carbonyl (C=O) groups is 1. The van der Waals surface area contributed by atoms with E-state index >= 15 is 0 Å². The Balaban J connectivity index is 1.56. The van der Waals surface area contributed by atoms with Crippen LogP contribution >= 0.6 is 0 Å². The molecular weight excluding hydrogens is 522 g/mol. The van der Waals surface area contributed by atoms with Crippen molar-refractivity contribution in [3.8, 4) is 34.1 Å². The molecule has 5 aromatic rings. The number of aromatic amines is 1. The normalized spacial score (nSPS) is 11.8. The van der Waals surface area contributed by atoms with Gasteiger partial charge in [0.25, 0.3) is 0 Å². The number of methoxy groups -OCH3 is 4. The Hall–Kier alpha value is -4.64. The Kier molecular flexibility index (Phi) is 7.33. The average molecular weight is 548 g/mol. The molecule has 200 valence electrons. The van der Waals surface area contributed by atoms with Crippen LogP contribution in [0.5, 0.6) is 23.0 Å². The number of aromatic nitrogens is 3. The summed E-state index contributed by atoms with van der Waals surface area (Å²) >= 11 is 0. The third-order valence-corrected chi connectivity index (χ3v) is 7.10. The fraction of sp³-hybridized carbons (Fsp3) is 0.179. The highest BCUT2D eigenvalue weighted by molar-refractivity contribution is 7.84. The van der Waals surface area contributed by atoms with Crippen LogP contribution in [0.4, 0.5) is 0 Å². The molecule has 5 rings (SSSR count). The molecule has 2 heterocycles. The van der Waals surface area contributed by atoms with Gasteiger partial charge in [0.1, 0.15) is 10.8 Å². The summed E-state index contributed by atoms with van der Waals surface area (Å²) in [5, 5.41) is 0.838. The Morgan fingerprint density at radius 3 is 2.26 bits per heavy atom. The van der Waals surface area contributed by atoms with Gasteiger partial charge in [0.2, 0.25) is 5.16 Å². The van der Waals surface area contributed by atoms with Gasteiger partial charge in [0, 0.05) is 23.2 Å². The van der Waals surface area contributed by atoms with Crippen LogP contribution in [0.2, 0.25) is 0 Å². The monoisotopic (exact) mass is 547 g/mol. The Labute approximate surface area is 226 Å². The lowest BCUT2D eigenvalue weighted by Gasteiger charge is -2.16. The van der Waals surface area contributed by atoms with E-state index in [0.717, 1.165) is 5.52 Å². The van der Waals surface area contributed by atoms with E-state index in [9.17, 15) is 9.00 Å². The molecule has 0 aliphatic carbocycles. The summed E-state index contributed by atoms with van der Waals surface area (Å²) in [5.41, 5.74) is 3.33. The van der Waals surface area contributed by atoms with Crippen molar-refractivity contribution < 1.29 is 32.7 Å². The van der Waals surface area contributed by atoms with Crippen LogP contribution in [0.25, 0.3) is 33.1 Å². The fourth-order valence-electron chi connectivity index (χ4n) is 4.25. The Morgan fingerprint density at radius 1 is 0.846 bits per heavy atom. The molecule has 0 amide bonds. The van der Waals surface area contributed by atoms with Crippen molar-refractivity contribution in [2.75, 3.05) is 34.4 Å². The number of carbonyl (C=O) groups excluding carboxylic acids is 1. The average Bonchev–Trinajstić information content (AvgIpc) is 3.42. The van der Waals surface area contributed by atoms with Crippen molar-refractivity contribution in [2.24, 2.45) is 0 Å². The predicted octanol–water partition coefficient (Wildman–Crippen LogP) is 4.73. The minimum Gasteiger partial charge on any atom is -0.493 e. The number of nitrogens with zero attached hydrogens (tertiary/aromatic N) is 2. The zero-order chi connectivity index (χ0) is 27.5. The number of imidazole rings is 1. The Morgan fingerprint density at radius 2 is 1.54 bits per heavy atom. The highest BCUT2D eigenvalue weighted by atomic mass is 32.2. The molecule has 0 aliphatic heterocycles. The van der Waals surface area contributed by atoms with Crippen LogP contribution < -0.4 is 18.9 Å². The molecule has 1 atom stereocenters.